The summed E-state index contributed by atoms with van der Waals surface area (Å²) >= 11 is 0. The van der Waals surface area contributed by atoms with Gasteiger partial charge >= 0.3 is 0 Å². The van der Waals surface area contributed by atoms with Gasteiger partial charge in [0, 0.05) is 6.42 Å². The average Bonchev–Trinajstić information content (AvgIpc) is 3.29. The zero-order valence-corrected chi connectivity index (χ0v) is 15.5. The number of aromatic nitrogens is 2. The second-order valence-electron chi connectivity index (χ2n) is 7.12. The van der Waals surface area contributed by atoms with Crippen molar-refractivity contribution in [3.63, 3.8) is 0 Å². The van der Waals surface area contributed by atoms with Gasteiger partial charge in [-0.3, -0.25) is 4.79 Å². The Kier molecular flexibility index (Phi) is 4.71. The van der Waals surface area contributed by atoms with Gasteiger partial charge in [-0.25, -0.2) is 4.98 Å². The van der Waals surface area contributed by atoms with Gasteiger partial charge in [-0.15, -0.1) is 0 Å². The van der Waals surface area contributed by atoms with E-state index >= 15 is 0 Å². The number of hydrogen-bond donors (Lipinski definition) is 2. The van der Waals surface area contributed by atoms with Crippen molar-refractivity contribution in [2.75, 3.05) is 6.79 Å². The van der Waals surface area contributed by atoms with E-state index in [2.05, 4.69) is 29.1 Å². The van der Waals surface area contributed by atoms with Crippen molar-refractivity contribution in [1.29, 1.82) is 0 Å². The maximum atomic E-state index is 12.5. The van der Waals surface area contributed by atoms with Crippen LogP contribution in [-0.4, -0.2) is 22.7 Å². The third-order valence-corrected chi connectivity index (χ3v) is 4.76. The van der Waals surface area contributed by atoms with Gasteiger partial charge in [0.25, 0.3) is 0 Å². The monoisotopic (exact) mass is 365 g/mol. The molecule has 0 aliphatic carbocycles. The Balaban J connectivity index is 1.41. The number of fused-ring (bicyclic) bond motifs is 2. The minimum atomic E-state index is -0.151. The van der Waals surface area contributed by atoms with Crippen molar-refractivity contribution < 1.29 is 14.3 Å². The van der Waals surface area contributed by atoms with E-state index in [0.717, 1.165) is 33.9 Å². The number of imidazole rings is 1. The second kappa shape index (κ2) is 7.31. The maximum Gasteiger partial charge on any atom is 0.231 e. The molecule has 4 rings (SSSR count). The Morgan fingerprint density at radius 1 is 1.19 bits per heavy atom. The minimum Gasteiger partial charge on any atom is -0.454 e. The van der Waals surface area contributed by atoms with Crippen molar-refractivity contribution >= 4 is 16.9 Å². The lowest BCUT2D eigenvalue weighted by Crippen LogP contribution is -2.32. The van der Waals surface area contributed by atoms with Crippen molar-refractivity contribution in [2.24, 2.45) is 5.92 Å². The molecule has 0 fully saturated rings. The predicted molar refractivity (Wildman–Crippen MR) is 103 cm³/mol. The zero-order valence-electron chi connectivity index (χ0n) is 15.5. The number of aryl methyl sites for hydroxylation is 1. The van der Waals surface area contributed by atoms with E-state index in [0.29, 0.717) is 12.8 Å². The molecule has 1 aliphatic heterocycles. The number of carbonyl (C=O) groups is 1. The lowest BCUT2D eigenvalue weighted by atomic mass is 10.0. The molecule has 140 valence electrons. The number of H-pyrrole nitrogens is 1. The van der Waals surface area contributed by atoms with Crippen LogP contribution in [0, 0.1) is 5.92 Å². The third-order valence-electron chi connectivity index (χ3n) is 4.76. The highest BCUT2D eigenvalue weighted by Crippen LogP contribution is 2.32. The van der Waals surface area contributed by atoms with Gasteiger partial charge in [-0.1, -0.05) is 32.0 Å². The van der Waals surface area contributed by atoms with Crippen LogP contribution in [0.4, 0.5) is 0 Å². The molecule has 0 spiro atoms. The summed E-state index contributed by atoms with van der Waals surface area (Å²) < 4.78 is 10.7. The van der Waals surface area contributed by atoms with Crippen molar-refractivity contribution in [3.05, 3.63) is 53.9 Å². The number of nitrogens with one attached hydrogen (secondary N) is 2. The van der Waals surface area contributed by atoms with Crippen LogP contribution in [0.1, 0.15) is 37.7 Å². The van der Waals surface area contributed by atoms with E-state index in [1.54, 1.807) is 0 Å². The van der Waals surface area contributed by atoms with E-state index in [1.165, 1.54) is 0 Å². The summed E-state index contributed by atoms with van der Waals surface area (Å²) in [4.78, 5) is 20.5. The highest BCUT2D eigenvalue weighted by atomic mass is 16.7. The van der Waals surface area contributed by atoms with Crippen molar-refractivity contribution in [1.82, 2.24) is 15.3 Å². The first kappa shape index (κ1) is 17.4. The summed E-state index contributed by atoms with van der Waals surface area (Å²) in [5.74, 6) is 2.53. The molecular weight excluding hydrogens is 342 g/mol. The van der Waals surface area contributed by atoms with Crippen LogP contribution >= 0.6 is 0 Å². The van der Waals surface area contributed by atoms with E-state index in [9.17, 15) is 4.79 Å². The number of nitrogens with zero attached hydrogens (tertiary/aromatic N) is 1. The Morgan fingerprint density at radius 2 is 2.00 bits per heavy atom. The van der Waals surface area contributed by atoms with Gasteiger partial charge in [0.2, 0.25) is 12.7 Å². The quantitative estimate of drug-likeness (QED) is 0.698. The van der Waals surface area contributed by atoms with Crippen LogP contribution in [0.3, 0.4) is 0 Å². The second-order valence-corrected chi connectivity index (χ2v) is 7.12. The van der Waals surface area contributed by atoms with E-state index in [-0.39, 0.29) is 24.7 Å². The van der Waals surface area contributed by atoms with E-state index < -0.39 is 0 Å². The molecule has 1 aliphatic rings. The van der Waals surface area contributed by atoms with Crippen LogP contribution < -0.4 is 14.8 Å². The number of ether oxygens (including phenoxy) is 2. The largest absolute Gasteiger partial charge is 0.454 e. The van der Waals surface area contributed by atoms with Gasteiger partial charge in [-0.05, 0) is 42.2 Å². The Labute approximate surface area is 157 Å². The molecule has 2 heterocycles. The molecule has 3 aromatic rings. The van der Waals surface area contributed by atoms with E-state index in [1.807, 2.05) is 42.5 Å². The molecule has 0 bridgehead atoms. The lowest BCUT2D eigenvalue weighted by Gasteiger charge is -2.20. The van der Waals surface area contributed by atoms with Crippen LogP contribution in [0.15, 0.2) is 42.5 Å². The van der Waals surface area contributed by atoms with Crippen LogP contribution in [0.5, 0.6) is 11.5 Å². The van der Waals surface area contributed by atoms with Crippen LogP contribution in [0.2, 0.25) is 0 Å². The highest BCUT2D eigenvalue weighted by Gasteiger charge is 2.22. The molecule has 1 atom stereocenters. The number of rotatable bonds is 6. The number of amides is 1. The first-order valence-electron chi connectivity index (χ1n) is 9.22. The van der Waals surface area contributed by atoms with Gasteiger partial charge in [0.1, 0.15) is 5.82 Å². The average molecular weight is 365 g/mol. The molecule has 6 heteroatoms. The maximum absolute atomic E-state index is 12.5. The molecule has 1 aromatic heterocycles. The lowest BCUT2D eigenvalue weighted by molar-refractivity contribution is -0.122. The fourth-order valence-electron chi connectivity index (χ4n) is 3.27. The van der Waals surface area contributed by atoms with Gasteiger partial charge in [-0.2, -0.15) is 0 Å². The standard InChI is InChI=1S/C21H23N3O3/c1-13(2)20(21-22-15-5-3-4-6-16(15)23-21)24-19(25)10-8-14-7-9-17-18(11-14)27-12-26-17/h3-7,9,11,13,20H,8,10,12H2,1-2H3,(H,22,23)(H,24,25). The van der Waals surface area contributed by atoms with Gasteiger partial charge in [0.15, 0.2) is 11.5 Å². The normalized spacial score (nSPS) is 13.9. The number of para-hydroxylation sites is 2. The third kappa shape index (κ3) is 3.74. The fourth-order valence-corrected chi connectivity index (χ4v) is 3.27. The molecule has 2 aromatic carbocycles. The summed E-state index contributed by atoms with van der Waals surface area (Å²) in [6.07, 6.45) is 1.05. The SMILES string of the molecule is CC(C)C(NC(=O)CCc1ccc2c(c1)OCO2)c1nc2ccccc2[nH]1. The summed E-state index contributed by atoms with van der Waals surface area (Å²) in [6.45, 7) is 4.42. The predicted octanol–water partition coefficient (Wildman–Crippen LogP) is 3.74. The van der Waals surface area contributed by atoms with Crippen LogP contribution in [-0.2, 0) is 11.2 Å². The Hall–Kier alpha value is -3.02. The summed E-state index contributed by atoms with van der Waals surface area (Å²) in [7, 11) is 0. The number of carbonyl (C=O) groups excluding carboxylic acids is 1. The van der Waals surface area contributed by atoms with Gasteiger partial charge < -0.3 is 19.8 Å². The zero-order chi connectivity index (χ0) is 18.8. The first-order valence-corrected chi connectivity index (χ1v) is 9.22. The first-order chi connectivity index (χ1) is 13.1. The van der Waals surface area contributed by atoms with Gasteiger partial charge in [0.05, 0.1) is 17.1 Å². The minimum absolute atomic E-state index is 0.00632. The Bertz CT molecular complexity index is 931. The molecule has 0 saturated carbocycles. The molecule has 0 saturated heterocycles. The molecule has 0 radical (unpaired) electrons. The Morgan fingerprint density at radius 3 is 2.81 bits per heavy atom. The number of hydrogen-bond acceptors (Lipinski definition) is 4. The topological polar surface area (TPSA) is 76.2 Å². The summed E-state index contributed by atoms with van der Waals surface area (Å²) in [6, 6.07) is 13.5. The number of aromatic amines is 1. The molecule has 6 nitrogen and oxygen atoms in total. The molecule has 2 N–H and O–H groups in total. The molecule has 27 heavy (non-hydrogen) atoms. The molecule has 1 unspecified atom stereocenters. The molecular formula is C21H23N3O3. The summed E-state index contributed by atoms with van der Waals surface area (Å²) in [5.41, 5.74) is 2.94. The summed E-state index contributed by atoms with van der Waals surface area (Å²) in [5, 5.41) is 3.13. The van der Waals surface area contributed by atoms with E-state index in [4.69, 9.17) is 9.47 Å². The van der Waals surface area contributed by atoms with Crippen LogP contribution in [0.25, 0.3) is 11.0 Å². The fraction of sp³-hybridized carbons (Fsp3) is 0.333. The van der Waals surface area contributed by atoms with Crippen molar-refractivity contribution in [2.45, 2.75) is 32.7 Å². The highest BCUT2D eigenvalue weighted by molar-refractivity contribution is 5.77. The smallest absolute Gasteiger partial charge is 0.231 e. The van der Waals surface area contributed by atoms with Crippen molar-refractivity contribution in [3.8, 4) is 11.5 Å². The number of benzene rings is 2. The molecule has 1 amide bonds.